The number of hydrogen-bond acceptors (Lipinski definition) is 5. The van der Waals surface area contributed by atoms with Crippen LogP contribution >= 0.6 is 11.3 Å². The first-order chi connectivity index (χ1) is 6.83. The minimum atomic E-state index is -0.372. The van der Waals surface area contributed by atoms with Crippen LogP contribution in [-0.4, -0.2) is 36.5 Å². The first kappa shape index (κ1) is 11.6. The Bertz CT molecular complexity index is 229. The van der Waals surface area contributed by atoms with Gasteiger partial charge >= 0.3 is 0 Å². The summed E-state index contributed by atoms with van der Waals surface area (Å²) in [5, 5.41) is 14.5. The van der Waals surface area contributed by atoms with Crippen molar-refractivity contribution in [2.24, 2.45) is 0 Å². The second kappa shape index (κ2) is 6.89. The van der Waals surface area contributed by atoms with E-state index >= 15 is 0 Å². The molecule has 5 heteroatoms. The highest BCUT2D eigenvalue weighted by atomic mass is 32.1. The Kier molecular flexibility index (Phi) is 5.70. The summed E-state index contributed by atoms with van der Waals surface area (Å²) in [4.78, 5) is 4.14. The van der Waals surface area contributed by atoms with Crippen molar-refractivity contribution in [2.75, 3.05) is 20.3 Å². The number of thiazole rings is 1. The summed E-state index contributed by atoms with van der Waals surface area (Å²) in [5.74, 6) is 0. The summed E-state index contributed by atoms with van der Waals surface area (Å²) in [6.45, 7) is 1.95. The fraction of sp³-hybridized carbons (Fsp3) is 0.667. The van der Waals surface area contributed by atoms with Crippen LogP contribution in [0.5, 0.6) is 0 Å². The minimum absolute atomic E-state index is 0.372. The summed E-state index contributed by atoms with van der Waals surface area (Å²) in [6.07, 6.45) is 0.334. The molecule has 1 aromatic rings. The van der Waals surface area contributed by atoms with Crippen LogP contribution in [0.3, 0.4) is 0 Å². The Balaban J connectivity index is 1.99. The molecule has 0 bridgehead atoms. The monoisotopic (exact) mass is 216 g/mol. The largest absolute Gasteiger partial charge is 0.391 e. The predicted molar refractivity (Wildman–Crippen MR) is 56.3 cm³/mol. The molecule has 1 heterocycles. The lowest BCUT2D eigenvalue weighted by Crippen LogP contribution is -2.23. The van der Waals surface area contributed by atoms with Crippen molar-refractivity contribution < 1.29 is 9.84 Å². The molecule has 0 saturated heterocycles. The van der Waals surface area contributed by atoms with E-state index in [1.54, 1.807) is 18.4 Å². The number of hydrogen-bond donors (Lipinski definition) is 2. The van der Waals surface area contributed by atoms with Gasteiger partial charge in [0.25, 0.3) is 0 Å². The fourth-order valence-corrected chi connectivity index (χ4v) is 1.64. The smallest absolute Gasteiger partial charge is 0.0795 e. The van der Waals surface area contributed by atoms with E-state index in [2.05, 4.69) is 10.3 Å². The molecule has 2 N–H and O–H groups in total. The van der Waals surface area contributed by atoms with Gasteiger partial charge in [0, 0.05) is 19.0 Å². The molecule has 0 aliphatic carbocycles. The quantitative estimate of drug-likeness (QED) is 0.656. The van der Waals surface area contributed by atoms with Crippen LogP contribution in [0.2, 0.25) is 0 Å². The SMILES string of the molecule is COCC(O)CCNCc1cscn1. The van der Waals surface area contributed by atoms with E-state index in [1.165, 1.54) is 0 Å². The summed E-state index contributed by atoms with van der Waals surface area (Å²) in [5.41, 5.74) is 2.87. The standard InChI is InChI=1S/C9H16N2O2S/c1-13-5-9(12)2-3-10-4-8-6-14-7-11-8/h6-7,9-10,12H,2-5H2,1H3. The van der Waals surface area contributed by atoms with Gasteiger partial charge in [0.2, 0.25) is 0 Å². The maximum atomic E-state index is 9.33. The molecule has 1 rings (SSSR count). The lowest BCUT2D eigenvalue weighted by Gasteiger charge is -2.09. The zero-order chi connectivity index (χ0) is 10.2. The number of aliphatic hydroxyl groups is 1. The number of aromatic nitrogens is 1. The minimum Gasteiger partial charge on any atom is -0.391 e. The van der Waals surface area contributed by atoms with E-state index < -0.39 is 0 Å². The Morgan fingerprint density at radius 3 is 3.21 bits per heavy atom. The molecule has 0 aliphatic heterocycles. The van der Waals surface area contributed by atoms with E-state index in [1.807, 2.05) is 10.9 Å². The van der Waals surface area contributed by atoms with Crippen molar-refractivity contribution in [3.8, 4) is 0 Å². The first-order valence-electron chi connectivity index (χ1n) is 4.57. The van der Waals surface area contributed by atoms with Crippen LogP contribution < -0.4 is 5.32 Å². The number of methoxy groups -OCH3 is 1. The highest BCUT2D eigenvalue weighted by molar-refractivity contribution is 7.07. The van der Waals surface area contributed by atoms with E-state index in [9.17, 15) is 5.11 Å². The third-order valence-electron chi connectivity index (χ3n) is 1.80. The zero-order valence-corrected chi connectivity index (χ0v) is 9.09. The average molecular weight is 216 g/mol. The lowest BCUT2D eigenvalue weighted by molar-refractivity contribution is 0.0594. The van der Waals surface area contributed by atoms with Crippen LogP contribution in [0, 0.1) is 0 Å². The highest BCUT2D eigenvalue weighted by Gasteiger charge is 2.02. The van der Waals surface area contributed by atoms with Crippen LogP contribution in [0.25, 0.3) is 0 Å². The van der Waals surface area contributed by atoms with Gasteiger partial charge in [-0.1, -0.05) is 0 Å². The maximum Gasteiger partial charge on any atom is 0.0795 e. The summed E-state index contributed by atoms with van der Waals surface area (Å²) < 4.78 is 4.82. The van der Waals surface area contributed by atoms with Gasteiger partial charge in [0.15, 0.2) is 0 Å². The summed E-state index contributed by atoms with van der Waals surface area (Å²) >= 11 is 1.59. The van der Waals surface area contributed by atoms with E-state index in [0.717, 1.165) is 18.8 Å². The fourth-order valence-electron chi connectivity index (χ4n) is 1.09. The molecular weight excluding hydrogens is 200 g/mol. The number of nitrogens with one attached hydrogen (secondary N) is 1. The molecular formula is C9H16N2O2S. The predicted octanol–water partition coefficient (Wildman–Crippen LogP) is 0.630. The molecule has 80 valence electrons. The zero-order valence-electron chi connectivity index (χ0n) is 8.27. The normalized spacial score (nSPS) is 13.0. The lowest BCUT2D eigenvalue weighted by atomic mass is 10.2. The molecule has 1 unspecified atom stereocenters. The van der Waals surface area contributed by atoms with Gasteiger partial charge in [-0.3, -0.25) is 0 Å². The third-order valence-corrected chi connectivity index (χ3v) is 2.44. The van der Waals surface area contributed by atoms with Crippen molar-refractivity contribution in [1.29, 1.82) is 0 Å². The third kappa shape index (κ3) is 4.66. The second-order valence-electron chi connectivity index (χ2n) is 3.05. The maximum absolute atomic E-state index is 9.33. The van der Waals surface area contributed by atoms with E-state index in [-0.39, 0.29) is 6.10 Å². The number of rotatable bonds is 7. The van der Waals surface area contributed by atoms with Crippen LogP contribution in [0.1, 0.15) is 12.1 Å². The average Bonchev–Trinajstić information content (AvgIpc) is 2.65. The molecule has 4 nitrogen and oxygen atoms in total. The Morgan fingerprint density at radius 2 is 2.57 bits per heavy atom. The molecule has 0 aliphatic rings. The van der Waals surface area contributed by atoms with Gasteiger partial charge in [-0.05, 0) is 13.0 Å². The summed E-state index contributed by atoms with van der Waals surface area (Å²) in [7, 11) is 1.59. The highest BCUT2D eigenvalue weighted by Crippen LogP contribution is 1.99. The summed E-state index contributed by atoms with van der Waals surface area (Å²) in [6, 6.07) is 0. The number of aliphatic hydroxyl groups excluding tert-OH is 1. The van der Waals surface area contributed by atoms with Crippen LogP contribution in [0.4, 0.5) is 0 Å². The molecule has 0 fully saturated rings. The molecule has 1 atom stereocenters. The van der Waals surface area contributed by atoms with E-state index in [4.69, 9.17) is 4.74 Å². The van der Waals surface area contributed by atoms with Gasteiger partial charge in [0.1, 0.15) is 0 Å². The van der Waals surface area contributed by atoms with Gasteiger partial charge in [-0.15, -0.1) is 11.3 Å². The van der Waals surface area contributed by atoms with E-state index in [0.29, 0.717) is 13.0 Å². The van der Waals surface area contributed by atoms with Gasteiger partial charge < -0.3 is 15.2 Å². The van der Waals surface area contributed by atoms with Crippen molar-refractivity contribution in [3.05, 3.63) is 16.6 Å². The Hall–Kier alpha value is -0.490. The molecule has 1 aromatic heterocycles. The Morgan fingerprint density at radius 1 is 1.71 bits per heavy atom. The van der Waals surface area contributed by atoms with Crippen molar-refractivity contribution >= 4 is 11.3 Å². The van der Waals surface area contributed by atoms with Crippen molar-refractivity contribution in [3.63, 3.8) is 0 Å². The van der Waals surface area contributed by atoms with Crippen molar-refractivity contribution in [1.82, 2.24) is 10.3 Å². The molecule has 0 radical (unpaired) electrons. The molecule has 0 aromatic carbocycles. The van der Waals surface area contributed by atoms with Crippen LogP contribution in [0.15, 0.2) is 10.9 Å². The van der Waals surface area contributed by atoms with Gasteiger partial charge in [0.05, 0.1) is 23.9 Å². The van der Waals surface area contributed by atoms with Crippen molar-refractivity contribution in [2.45, 2.75) is 19.1 Å². The topological polar surface area (TPSA) is 54.4 Å². The number of ether oxygens (including phenoxy) is 1. The van der Waals surface area contributed by atoms with Crippen LogP contribution in [-0.2, 0) is 11.3 Å². The number of nitrogens with zero attached hydrogens (tertiary/aromatic N) is 1. The Labute approximate surface area is 87.9 Å². The molecule has 0 saturated carbocycles. The molecule has 0 spiro atoms. The van der Waals surface area contributed by atoms with Gasteiger partial charge in [-0.2, -0.15) is 0 Å². The first-order valence-corrected chi connectivity index (χ1v) is 5.52. The molecule has 14 heavy (non-hydrogen) atoms. The molecule has 0 amide bonds. The van der Waals surface area contributed by atoms with Gasteiger partial charge in [-0.25, -0.2) is 4.98 Å². The second-order valence-corrected chi connectivity index (χ2v) is 3.77.